The first-order valence-electron chi connectivity index (χ1n) is 6.38. The average molecular weight is 337 g/mol. The molecular weight excluding hydrogens is 321 g/mol. The van der Waals surface area contributed by atoms with Gasteiger partial charge in [-0.15, -0.1) is 0 Å². The van der Waals surface area contributed by atoms with Crippen LogP contribution in [0.25, 0.3) is 0 Å². The lowest BCUT2D eigenvalue weighted by atomic mass is 10.1. The van der Waals surface area contributed by atoms with E-state index in [4.69, 9.17) is 40.5 Å². The van der Waals surface area contributed by atoms with Gasteiger partial charge in [0.05, 0.1) is 22.3 Å². The van der Waals surface area contributed by atoms with Crippen LogP contribution in [-0.4, -0.2) is 36.5 Å². The summed E-state index contributed by atoms with van der Waals surface area (Å²) in [5.41, 5.74) is 6.28. The molecule has 1 heterocycles. The standard InChI is InChI=1S/C13H16Cl3N3O/c14-8-4-10(15)13(11(16)5-8)18-12(20)7-19-3-1-2-9(17)6-19/h4-5,9H,1-3,6-7,17H2,(H,18,20)/t9-/m1/s1. The number of nitrogens with two attached hydrogens (primary N) is 1. The summed E-state index contributed by atoms with van der Waals surface area (Å²) >= 11 is 17.9. The van der Waals surface area contributed by atoms with E-state index < -0.39 is 0 Å². The number of likely N-dealkylation sites (tertiary alicyclic amines) is 1. The smallest absolute Gasteiger partial charge is 0.238 e. The molecule has 0 aliphatic carbocycles. The lowest BCUT2D eigenvalue weighted by Crippen LogP contribution is -2.45. The average Bonchev–Trinajstić information content (AvgIpc) is 2.33. The first-order chi connectivity index (χ1) is 9.45. The minimum absolute atomic E-state index is 0.138. The van der Waals surface area contributed by atoms with Crippen LogP contribution in [0.5, 0.6) is 0 Å². The molecule has 1 amide bonds. The van der Waals surface area contributed by atoms with Crippen molar-refractivity contribution in [1.29, 1.82) is 0 Å². The summed E-state index contributed by atoms with van der Waals surface area (Å²) in [6.07, 6.45) is 2.02. The number of carbonyl (C=O) groups is 1. The van der Waals surface area contributed by atoms with Crippen molar-refractivity contribution < 1.29 is 4.79 Å². The Morgan fingerprint density at radius 3 is 2.60 bits per heavy atom. The topological polar surface area (TPSA) is 58.4 Å². The van der Waals surface area contributed by atoms with E-state index in [9.17, 15) is 4.79 Å². The number of hydrogen-bond donors (Lipinski definition) is 2. The zero-order chi connectivity index (χ0) is 14.7. The molecule has 20 heavy (non-hydrogen) atoms. The second-order valence-corrected chi connectivity index (χ2v) is 6.18. The number of nitrogens with zero attached hydrogens (tertiary/aromatic N) is 1. The molecule has 0 spiro atoms. The van der Waals surface area contributed by atoms with Crippen LogP contribution in [0.1, 0.15) is 12.8 Å². The van der Waals surface area contributed by atoms with Crippen LogP contribution in [-0.2, 0) is 4.79 Å². The predicted molar refractivity (Wildman–Crippen MR) is 83.8 cm³/mol. The highest BCUT2D eigenvalue weighted by Crippen LogP contribution is 2.33. The van der Waals surface area contributed by atoms with Gasteiger partial charge >= 0.3 is 0 Å². The van der Waals surface area contributed by atoms with Crippen LogP contribution in [0.3, 0.4) is 0 Å². The minimum Gasteiger partial charge on any atom is -0.327 e. The van der Waals surface area contributed by atoms with E-state index in [1.165, 1.54) is 0 Å². The van der Waals surface area contributed by atoms with Gasteiger partial charge in [-0.3, -0.25) is 9.69 Å². The summed E-state index contributed by atoms with van der Waals surface area (Å²) in [5, 5.41) is 3.80. The highest BCUT2D eigenvalue weighted by atomic mass is 35.5. The molecule has 2 rings (SSSR count). The summed E-state index contributed by atoms with van der Waals surface area (Å²) in [7, 11) is 0. The molecule has 1 aromatic carbocycles. The molecule has 0 bridgehead atoms. The Hall–Kier alpha value is -0.520. The molecule has 0 aromatic heterocycles. The zero-order valence-electron chi connectivity index (χ0n) is 10.8. The number of hydrogen-bond acceptors (Lipinski definition) is 3. The van der Waals surface area contributed by atoms with Crippen molar-refractivity contribution in [2.45, 2.75) is 18.9 Å². The van der Waals surface area contributed by atoms with E-state index >= 15 is 0 Å². The van der Waals surface area contributed by atoms with Gasteiger partial charge < -0.3 is 11.1 Å². The van der Waals surface area contributed by atoms with Crippen LogP contribution in [0, 0.1) is 0 Å². The van der Waals surface area contributed by atoms with Crippen molar-refractivity contribution >= 4 is 46.4 Å². The Morgan fingerprint density at radius 1 is 1.35 bits per heavy atom. The molecule has 1 aliphatic rings. The summed E-state index contributed by atoms with van der Waals surface area (Å²) < 4.78 is 0. The molecule has 0 unspecified atom stereocenters. The van der Waals surface area contributed by atoms with E-state index in [1.807, 2.05) is 4.90 Å². The van der Waals surface area contributed by atoms with Crippen LogP contribution in [0.2, 0.25) is 15.1 Å². The van der Waals surface area contributed by atoms with Crippen LogP contribution in [0.4, 0.5) is 5.69 Å². The van der Waals surface area contributed by atoms with E-state index in [-0.39, 0.29) is 18.5 Å². The highest BCUT2D eigenvalue weighted by Gasteiger charge is 2.19. The second-order valence-electron chi connectivity index (χ2n) is 4.93. The van der Waals surface area contributed by atoms with Gasteiger partial charge in [0, 0.05) is 17.6 Å². The van der Waals surface area contributed by atoms with Gasteiger partial charge in [0.1, 0.15) is 0 Å². The lowest BCUT2D eigenvalue weighted by Gasteiger charge is -2.30. The van der Waals surface area contributed by atoms with Gasteiger partial charge in [-0.2, -0.15) is 0 Å². The van der Waals surface area contributed by atoms with E-state index in [1.54, 1.807) is 12.1 Å². The molecule has 7 heteroatoms. The number of nitrogens with one attached hydrogen (secondary N) is 1. The van der Waals surface area contributed by atoms with Gasteiger partial charge in [0.15, 0.2) is 0 Å². The molecule has 1 atom stereocenters. The molecule has 1 aliphatic heterocycles. The monoisotopic (exact) mass is 335 g/mol. The lowest BCUT2D eigenvalue weighted by molar-refractivity contribution is -0.117. The van der Waals surface area contributed by atoms with E-state index in [2.05, 4.69) is 5.32 Å². The third kappa shape index (κ3) is 4.24. The number of rotatable bonds is 3. The quantitative estimate of drug-likeness (QED) is 0.892. The summed E-state index contributed by atoms with van der Waals surface area (Å²) in [6, 6.07) is 3.22. The second kappa shape index (κ2) is 6.96. The molecule has 110 valence electrons. The maximum Gasteiger partial charge on any atom is 0.238 e. The highest BCUT2D eigenvalue weighted by molar-refractivity contribution is 6.42. The molecule has 1 aromatic rings. The number of carbonyl (C=O) groups excluding carboxylic acids is 1. The number of amides is 1. The summed E-state index contributed by atoms with van der Waals surface area (Å²) in [5.74, 6) is -0.162. The molecule has 3 N–H and O–H groups in total. The van der Waals surface area contributed by atoms with E-state index in [0.29, 0.717) is 20.8 Å². The van der Waals surface area contributed by atoms with Crippen molar-refractivity contribution in [3.63, 3.8) is 0 Å². The molecule has 1 saturated heterocycles. The Bertz CT molecular complexity index is 487. The normalized spacial score (nSPS) is 19.9. The number of benzene rings is 1. The fraction of sp³-hybridized carbons (Fsp3) is 0.462. The third-order valence-electron chi connectivity index (χ3n) is 3.18. The van der Waals surface area contributed by atoms with Crippen molar-refractivity contribution in [2.24, 2.45) is 5.73 Å². The molecule has 0 saturated carbocycles. The van der Waals surface area contributed by atoms with Gasteiger partial charge in [-0.1, -0.05) is 34.8 Å². The van der Waals surface area contributed by atoms with Crippen LogP contribution < -0.4 is 11.1 Å². The van der Waals surface area contributed by atoms with E-state index in [0.717, 1.165) is 25.9 Å². The summed E-state index contributed by atoms with van der Waals surface area (Å²) in [4.78, 5) is 14.1. The van der Waals surface area contributed by atoms with Crippen molar-refractivity contribution in [3.8, 4) is 0 Å². The van der Waals surface area contributed by atoms with Gasteiger partial charge in [-0.05, 0) is 31.5 Å². The Morgan fingerprint density at radius 2 is 2.00 bits per heavy atom. The maximum atomic E-state index is 12.0. The van der Waals surface area contributed by atoms with Gasteiger partial charge in [-0.25, -0.2) is 0 Å². The third-order valence-corrected chi connectivity index (χ3v) is 3.99. The molecule has 0 radical (unpaired) electrons. The molecule has 1 fully saturated rings. The first kappa shape index (κ1) is 15.9. The number of halogens is 3. The SMILES string of the molecule is N[C@@H]1CCCN(CC(=O)Nc2c(Cl)cc(Cl)cc2Cl)C1. The van der Waals surface area contributed by atoms with Crippen molar-refractivity contribution in [1.82, 2.24) is 4.90 Å². The largest absolute Gasteiger partial charge is 0.327 e. The number of anilines is 1. The minimum atomic E-state index is -0.162. The maximum absolute atomic E-state index is 12.0. The summed E-state index contributed by atoms with van der Waals surface area (Å²) in [6.45, 7) is 1.89. The fourth-order valence-corrected chi connectivity index (χ4v) is 3.19. The Labute approximate surface area is 133 Å². The van der Waals surface area contributed by atoms with Gasteiger partial charge in [0.25, 0.3) is 0 Å². The predicted octanol–water partition coefficient (Wildman–Crippen LogP) is 3.01. The van der Waals surface area contributed by atoms with Crippen LogP contribution in [0.15, 0.2) is 12.1 Å². The van der Waals surface area contributed by atoms with Crippen molar-refractivity contribution in [2.75, 3.05) is 25.0 Å². The first-order valence-corrected chi connectivity index (χ1v) is 7.51. The number of piperidine rings is 1. The van der Waals surface area contributed by atoms with Crippen LogP contribution >= 0.6 is 34.8 Å². The fourth-order valence-electron chi connectivity index (χ4n) is 2.28. The Balaban J connectivity index is 1.98. The zero-order valence-corrected chi connectivity index (χ0v) is 13.1. The Kier molecular flexibility index (Phi) is 5.52. The van der Waals surface area contributed by atoms with Gasteiger partial charge in [0.2, 0.25) is 5.91 Å². The molecule has 4 nitrogen and oxygen atoms in total. The van der Waals surface area contributed by atoms with Crippen molar-refractivity contribution in [3.05, 3.63) is 27.2 Å². The molecular formula is C13H16Cl3N3O.